The molecular weight excluding hydrogens is 228 g/mol. The Morgan fingerprint density at radius 2 is 1.89 bits per heavy atom. The zero-order valence-electron chi connectivity index (χ0n) is 10.8. The van der Waals surface area contributed by atoms with Crippen LogP contribution in [0.3, 0.4) is 0 Å². The number of carbonyl (C=O) groups excluding carboxylic acids is 1. The summed E-state index contributed by atoms with van der Waals surface area (Å²) in [7, 11) is 0. The first-order valence-corrected chi connectivity index (χ1v) is 7.48. The third-order valence-electron chi connectivity index (χ3n) is 5.39. The number of hydrogen-bond donors (Lipinski definition) is 1. The molecule has 18 heavy (non-hydrogen) atoms. The fourth-order valence-corrected chi connectivity index (χ4v) is 4.43. The van der Waals surface area contributed by atoms with Crippen LogP contribution in [0.5, 0.6) is 0 Å². The highest BCUT2D eigenvalue weighted by Crippen LogP contribution is 2.47. The largest absolute Gasteiger partial charge is 0.374 e. The molecule has 0 aromatic carbocycles. The van der Waals surface area contributed by atoms with Crippen molar-refractivity contribution in [3.8, 4) is 0 Å². The van der Waals surface area contributed by atoms with Gasteiger partial charge < -0.3 is 15.0 Å². The van der Waals surface area contributed by atoms with Gasteiger partial charge >= 0.3 is 0 Å². The Morgan fingerprint density at radius 1 is 1.17 bits per heavy atom. The van der Waals surface area contributed by atoms with Crippen LogP contribution in [0.2, 0.25) is 0 Å². The van der Waals surface area contributed by atoms with Crippen LogP contribution < -0.4 is 5.32 Å². The molecule has 2 bridgehead atoms. The zero-order chi connectivity index (χ0) is 12.1. The van der Waals surface area contributed by atoms with E-state index in [0.717, 1.165) is 19.6 Å². The first-order chi connectivity index (χ1) is 8.81. The maximum atomic E-state index is 12.3. The average molecular weight is 250 g/mol. The molecule has 4 heterocycles. The maximum Gasteiger partial charge on any atom is 0.224 e. The van der Waals surface area contributed by atoms with Gasteiger partial charge in [0.15, 0.2) is 0 Å². The van der Waals surface area contributed by atoms with Gasteiger partial charge in [-0.15, -0.1) is 0 Å². The van der Waals surface area contributed by atoms with E-state index in [4.69, 9.17) is 4.74 Å². The van der Waals surface area contributed by atoms with Crippen LogP contribution in [0, 0.1) is 11.8 Å². The number of nitrogens with zero attached hydrogens (tertiary/aromatic N) is 1. The van der Waals surface area contributed by atoms with Gasteiger partial charge in [-0.05, 0) is 32.2 Å². The molecule has 4 fully saturated rings. The molecule has 0 saturated carbocycles. The first kappa shape index (κ1) is 11.2. The molecule has 1 amide bonds. The van der Waals surface area contributed by atoms with Crippen LogP contribution in [0.1, 0.15) is 32.1 Å². The van der Waals surface area contributed by atoms with E-state index >= 15 is 0 Å². The van der Waals surface area contributed by atoms with Crippen molar-refractivity contribution in [1.29, 1.82) is 0 Å². The molecule has 0 radical (unpaired) electrons. The van der Waals surface area contributed by atoms with Gasteiger partial charge in [-0.3, -0.25) is 4.79 Å². The molecule has 0 aliphatic carbocycles. The maximum absolute atomic E-state index is 12.3. The SMILES string of the molecule is O=C(CC1CCCN1)N1CC2C3CCC(O3)C2C1. The Hall–Kier alpha value is -0.610. The molecule has 4 heteroatoms. The Morgan fingerprint density at radius 3 is 2.50 bits per heavy atom. The fraction of sp³-hybridized carbons (Fsp3) is 0.929. The van der Waals surface area contributed by atoms with E-state index in [2.05, 4.69) is 10.2 Å². The molecule has 4 aliphatic heterocycles. The van der Waals surface area contributed by atoms with Crippen molar-refractivity contribution in [2.45, 2.75) is 50.4 Å². The Kier molecular flexibility index (Phi) is 2.62. The number of amides is 1. The van der Waals surface area contributed by atoms with Crippen molar-refractivity contribution in [3.63, 3.8) is 0 Å². The third kappa shape index (κ3) is 1.69. The minimum atomic E-state index is 0.364. The standard InChI is InChI=1S/C14H22N2O2/c17-14(6-9-2-1-5-15-9)16-7-10-11(8-16)13-4-3-12(10)18-13/h9-13,15H,1-8H2. The van der Waals surface area contributed by atoms with Gasteiger partial charge in [0.1, 0.15) is 0 Å². The average Bonchev–Trinajstić information content (AvgIpc) is 3.11. The van der Waals surface area contributed by atoms with Gasteiger partial charge in [0, 0.05) is 37.4 Å². The summed E-state index contributed by atoms with van der Waals surface area (Å²) in [6.07, 6.45) is 6.46. The minimum Gasteiger partial charge on any atom is -0.374 e. The van der Waals surface area contributed by atoms with Crippen LogP contribution in [-0.2, 0) is 9.53 Å². The van der Waals surface area contributed by atoms with Gasteiger partial charge in [-0.2, -0.15) is 0 Å². The summed E-state index contributed by atoms with van der Waals surface area (Å²) in [4.78, 5) is 14.4. The van der Waals surface area contributed by atoms with Crippen LogP contribution in [-0.4, -0.2) is 48.7 Å². The molecule has 4 nitrogen and oxygen atoms in total. The van der Waals surface area contributed by atoms with E-state index in [-0.39, 0.29) is 0 Å². The van der Waals surface area contributed by atoms with Gasteiger partial charge in [0.05, 0.1) is 12.2 Å². The molecule has 5 unspecified atom stereocenters. The van der Waals surface area contributed by atoms with Gasteiger partial charge in [-0.1, -0.05) is 0 Å². The van der Waals surface area contributed by atoms with E-state index in [0.29, 0.717) is 42.4 Å². The summed E-state index contributed by atoms with van der Waals surface area (Å²) >= 11 is 0. The van der Waals surface area contributed by atoms with Crippen LogP contribution in [0.25, 0.3) is 0 Å². The fourth-order valence-electron chi connectivity index (χ4n) is 4.43. The van der Waals surface area contributed by atoms with Crippen molar-refractivity contribution >= 4 is 5.91 Å². The van der Waals surface area contributed by atoms with Crippen LogP contribution >= 0.6 is 0 Å². The molecular formula is C14H22N2O2. The first-order valence-electron chi connectivity index (χ1n) is 7.48. The van der Waals surface area contributed by atoms with Gasteiger partial charge in [-0.25, -0.2) is 0 Å². The quantitative estimate of drug-likeness (QED) is 0.787. The van der Waals surface area contributed by atoms with E-state index in [9.17, 15) is 4.79 Å². The summed E-state index contributed by atoms with van der Waals surface area (Å²) in [5.41, 5.74) is 0. The van der Waals surface area contributed by atoms with Crippen LogP contribution in [0.15, 0.2) is 0 Å². The summed E-state index contributed by atoms with van der Waals surface area (Å²) in [5.74, 6) is 1.65. The van der Waals surface area contributed by atoms with E-state index in [1.54, 1.807) is 0 Å². The second-order valence-corrected chi connectivity index (χ2v) is 6.41. The smallest absolute Gasteiger partial charge is 0.224 e. The Balaban J connectivity index is 1.37. The topological polar surface area (TPSA) is 41.6 Å². The van der Waals surface area contributed by atoms with E-state index in [1.807, 2.05) is 0 Å². The highest BCUT2D eigenvalue weighted by atomic mass is 16.5. The molecule has 0 aromatic rings. The molecule has 0 spiro atoms. The van der Waals surface area contributed by atoms with Gasteiger partial charge in [0.25, 0.3) is 0 Å². The number of ether oxygens (including phenoxy) is 1. The number of likely N-dealkylation sites (tertiary alicyclic amines) is 1. The number of fused-ring (bicyclic) bond motifs is 5. The Labute approximate surface area is 108 Å². The normalized spacial score (nSPS) is 45.8. The highest BCUT2D eigenvalue weighted by Gasteiger charge is 2.53. The molecule has 5 atom stereocenters. The summed E-state index contributed by atoms with van der Waals surface area (Å²) < 4.78 is 5.95. The van der Waals surface area contributed by atoms with E-state index < -0.39 is 0 Å². The second kappa shape index (κ2) is 4.20. The minimum absolute atomic E-state index is 0.364. The van der Waals surface area contributed by atoms with Crippen molar-refractivity contribution < 1.29 is 9.53 Å². The number of hydrogen-bond acceptors (Lipinski definition) is 3. The third-order valence-corrected chi connectivity index (χ3v) is 5.39. The summed E-state index contributed by atoms with van der Waals surface area (Å²) in [5, 5.41) is 3.42. The number of nitrogens with one attached hydrogen (secondary N) is 1. The lowest BCUT2D eigenvalue weighted by atomic mass is 9.82. The molecule has 0 aromatic heterocycles. The lowest BCUT2D eigenvalue weighted by molar-refractivity contribution is -0.131. The lowest BCUT2D eigenvalue weighted by Crippen LogP contribution is -2.36. The molecule has 4 saturated heterocycles. The van der Waals surface area contributed by atoms with Gasteiger partial charge in [0.2, 0.25) is 5.91 Å². The predicted molar refractivity (Wildman–Crippen MR) is 67.1 cm³/mol. The molecule has 1 N–H and O–H groups in total. The lowest BCUT2D eigenvalue weighted by Gasteiger charge is -2.20. The Bertz CT molecular complexity index is 336. The molecule has 4 rings (SSSR count). The van der Waals surface area contributed by atoms with Crippen molar-refractivity contribution in [1.82, 2.24) is 10.2 Å². The second-order valence-electron chi connectivity index (χ2n) is 6.41. The highest BCUT2D eigenvalue weighted by molar-refractivity contribution is 5.77. The van der Waals surface area contributed by atoms with E-state index in [1.165, 1.54) is 25.7 Å². The summed E-state index contributed by atoms with van der Waals surface area (Å²) in [6, 6.07) is 0.436. The monoisotopic (exact) mass is 250 g/mol. The number of rotatable bonds is 2. The van der Waals surface area contributed by atoms with Crippen molar-refractivity contribution in [3.05, 3.63) is 0 Å². The van der Waals surface area contributed by atoms with Crippen LogP contribution in [0.4, 0.5) is 0 Å². The molecule has 4 aliphatic rings. The zero-order valence-corrected chi connectivity index (χ0v) is 10.8. The van der Waals surface area contributed by atoms with Crippen molar-refractivity contribution in [2.24, 2.45) is 11.8 Å². The number of carbonyl (C=O) groups is 1. The predicted octanol–water partition coefficient (Wildman–Crippen LogP) is 0.764. The summed E-state index contributed by atoms with van der Waals surface area (Å²) in [6.45, 7) is 3.00. The molecule has 100 valence electrons. The van der Waals surface area contributed by atoms with Crippen molar-refractivity contribution in [2.75, 3.05) is 19.6 Å².